The smallest absolute Gasteiger partial charge is 0.221 e. The van der Waals surface area contributed by atoms with Crippen molar-refractivity contribution in [1.29, 1.82) is 0 Å². The van der Waals surface area contributed by atoms with E-state index in [0.717, 1.165) is 0 Å². The van der Waals surface area contributed by atoms with E-state index >= 15 is 0 Å². The monoisotopic (exact) mass is 296 g/mol. The Labute approximate surface area is 122 Å². The molecule has 0 unspecified atom stereocenters. The fourth-order valence-electron chi connectivity index (χ4n) is 2.26. The fraction of sp³-hybridized carbons (Fsp3) is 0.429. The average Bonchev–Trinajstić information content (AvgIpc) is 2.58. The van der Waals surface area contributed by atoms with Crippen LogP contribution in [-0.4, -0.2) is 41.3 Å². The van der Waals surface area contributed by atoms with E-state index in [1.165, 1.54) is 13.0 Å². The van der Waals surface area contributed by atoms with Gasteiger partial charge in [-0.1, -0.05) is 11.6 Å². The first-order valence-corrected chi connectivity index (χ1v) is 6.86. The van der Waals surface area contributed by atoms with Crippen LogP contribution in [0.1, 0.15) is 29.3 Å². The number of Topliss-reactive ketones (excluding diaryl/α,β-unsaturated/α-hetero) is 1. The summed E-state index contributed by atoms with van der Waals surface area (Å²) >= 11 is 5.99. The minimum Gasteiger partial charge on any atom is -0.507 e. The number of aromatic hydroxyl groups is 1. The van der Waals surface area contributed by atoms with Crippen molar-refractivity contribution in [2.75, 3.05) is 19.6 Å². The number of rotatable bonds is 3. The molecular weight excluding hydrogens is 280 g/mol. The van der Waals surface area contributed by atoms with E-state index in [4.69, 9.17) is 11.6 Å². The van der Waals surface area contributed by atoms with Crippen LogP contribution in [0.25, 0.3) is 0 Å². The highest BCUT2D eigenvalue weighted by atomic mass is 35.5. The van der Waals surface area contributed by atoms with E-state index in [2.05, 4.69) is 5.32 Å². The Balaban J connectivity index is 2.20. The van der Waals surface area contributed by atoms with Gasteiger partial charge in [-0.2, -0.15) is 0 Å². The minimum absolute atomic E-state index is 0.0227. The number of benzene rings is 1. The second-order valence-electron chi connectivity index (χ2n) is 4.89. The number of halogens is 1. The summed E-state index contributed by atoms with van der Waals surface area (Å²) in [5.41, 5.74) is 0.841. The Kier molecular flexibility index (Phi) is 4.62. The first-order chi connectivity index (χ1) is 9.47. The number of amides is 1. The van der Waals surface area contributed by atoms with Gasteiger partial charge in [0.1, 0.15) is 5.75 Å². The first kappa shape index (κ1) is 14.8. The van der Waals surface area contributed by atoms with Crippen LogP contribution in [0.15, 0.2) is 12.1 Å². The molecule has 0 aromatic heterocycles. The molecule has 0 spiro atoms. The van der Waals surface area contributed by atoms with Crippen molar-refractivity contribution in [3.63, 3.8) is 0 Å². The highest BCUT2D eigenvalue weighted by Crippen LogP contribution is 2.28. The molecule has 2 N–H and O–H groups in total. The van der Waals surface area contributed by atoms with Gasteiger partial charge < -0.3 is 10.4 Å². The number of ketones is 1. The second kappa shape index (κ2) is 6.24. The van der Waals surface area contributed by atoms with Crippen molar-refractivity contribution < 1.29 is 14.7 Å². The molecule has 0 radical (unpaired) electrons. The zero-order chi connectivity index (χ0) is 14.7. The number of carbonyl (C=O) groups is 2. The van der Waals surface area contributed by atoms with Gasteiger partial charge >= 0.3 is 0 Å². The van der Waals surface area contributed by atoms with Crippen LogP contribution in [0.5, 0.6) is 5.75 Å². The maximum atomic E-state index is 11.5. The number of nitrogens with zero attached hydrogens (tertiary/aromatic N) is 1. The third-order valence-corrected chi connectivity index (χ3v) is 3.55. The third kappa shape index (κ3) is 3.49. The molecule has 1 aliphatic heterocycles. The first-order valence-electron chi connectivity index (χ1n) is 6.48. The Morgan fingerprint density at radius 1 is 1.45 bits per heavy atom. The highest BCUT2D eigenvalue weighted by molar-refractivity contribution is 6.31. The van der Waals surface area contributed by atoms with E-state index in [1.807, 2.05) is 4.90 Å². The van der Waals surface area contributed by atoms with Gasteiger partial charge in [-0.25, -0.2) is 0 Å². The van der Waals surface area contributed by atoms with Gasteiger partial charge in [0.2, 0.25) is 5.91 Å². The maximum absolute atomic E-state index is 11.5. The molecule has 1 amide bonds. The van der Waals surface area contributed by atoms with Crippen LogP contribution >= 0.6 is 11.6 Å². The quantitative estimate of drug-likeness (QED) is 0.831. The number of hydrogen-bond acceptors (Lipinski definition) is 4. The molecule has 0 atom stereocenters. The molecule has 1 fully saturated rings. The molecule has 2 rings (SSSR count). The normalized spacial score (nSPS) is 16.6. The molecule has 1 heterocycles. The Morgan fingerprint density at radius 2 is 2.20 bits per heavy atom. The molecule has 0 bridgehead atoms. The topological polar surface area (TPSA) is 69.6 Å². The lowest BCUT2D eigenvalue weighted by Gasteiger charge is -2.20. The number of carbonyl (C=O) groups excluding carboxylic acids is 2. The van der Waals surface area contributed by atoms with Gasteiger partial charge in [0.15, 0.2) is 5.78 Å². The van der Waals surface area contributed by atoms with Gasteiger partial charge in [0, 0.05) is 43.2 Å². The Bertz CT molecular complexity index is 545. The van der Waals surface area contributed by atoms with Gasteiger partial charge in [-0.05, 0) is 19.1 Å². The molecule has 1 aromatic carbocycles. The van der Waals surface area contributed by atoms with Crippen molar-refractivity contribution in [2.24, 2.45) is 0 Å². The molecule has 108 valence electrons. The lowest BCUT2D eigenvalue weighted by atomic mass is 10.1. The lowest BCUT2D eigenvalue weighted by Crippen LogP contribution is -2.28. The van der Waals surface area contributed by atoms with E-state index in [1.54, 1.807) is 6.07 Å². The summed E-state index contributed by atoms with van der Waals surface area (Å²) in [7, 11) is 0. The predicted octanol–water partition coefficient (Wildman–Crippen LogP) is 1.57. The molecule has 20 heavy (non-hydrogen) atoms. The van der Waals surface area contributed by atoms with Gasteiger partial charge in [0.25, 0.3) is 0 Å². The van der Waals surface area contributed by atoms with Crippen LogP contribution in [0.3, 0.4) is 0 Å². The fourth-order valence-corrected chi connectivity index (χ4v) is 2.50. The molecule has 0 saturated carbocycles. The van der Waals surface area contributed by atoms with Crippen LogP contribution in [0.2, 0.25) is 5.02 Å². The number of nitrogens with one attached hydrogen (secondary N) is 1. The molecular formula is C14H17ClN2O3. The largest absolute Gasteiger partial charge is 0.507 e. The molecule has 6 heteroatoms. The van der Waals surface area contributed by atoms with Crippen LogP contribution in [0, 0.1) is 0 Å². The molecule has 1 saturated heterocycles. The van der Waals surface area contributed by atoms with E-state index in [9.17, 15) is 14.7 Å². The van der Waals surface area contributed by atoms with E-state index in [-0.39, 0.29) is 23.0 Å². The van der Waals surface area contributed by atoms with Gasteiger partial charge in [-0.3, -0.25) is 14.5 Å². The number of phenolic OH excluding ortho intramolecular Hbond substituents is 1. The van der Waals surface area contributed by atoms with Crippen LogP contribution < -0.4 is 5.32 Å². The van der Waals surface area contributed by atoms with Crippen molar-refractivity contribution in [1.82, 2.24) is 10.2 Å². The SMILES string of the molecule is CC(=O)c1cc(Cl)cc(CN2CCNC(=O)CC2)c1O. The summed E-state index contributed by atoms with van der Waals surface area (Å²) in [5, 5.41) is 13.4. The van der Waals surface area contributed by atoms with Crippen molar-refractivity contribution in [2.45, 2.75) is 19.9 Å². The molecule has 5 nitrogen and oxygen atoms in total. The number of phenols is 1. The zero-order valence-corrected chi connectivity index (χ0v) is 12.0. The summed E-state index contributed by atoms with van der Waals surface area (Å²) < 4.78 is 0. The summed E-state index contributed by atoms with van der Waals surface area (Å²) in [6.45, 7) is 3.76. The summed E-state index contributed by atoms with van der Waals surface area (Å²) in [6, 6.07) is 3.12. The molecule has 0 aliphatic carbocycles. The zero-order valence-electron chi connectivity index (χ0n) is 11.3. The van der Waals surface area contributed by atoms with Crippen molar-refractivity contribution >= 4 is 23.3 Å². The number of hydrogen-bond donors (Lipinski definition) is 2. The molecule has 1 aromatic rings. The predicted molar refractivity (Wildman–Crippen MR) is 76.0 cm³/mol. The van der Waals surface area contributed by atoms with E-state index < -0.39 is 0 Å². The minimum atomic E-state index is -0.223. The second-order valence-corrected chi connectivity index (χ2v) is 5.33. The van der Waals surface area contributed by atoms with Crippen LogP contribution in [-0.2, 0) is 11.3 Å². The maximum Gasteiger partial charge on any atom is 0.221 e. The lowest BCUT2D eigenvalue weighted by molar-refractivity contribution is -0.120. The highest BCUT2D eigenvalue weighted by Gasteiger charge is 2.18. The Morgan fingerprint density at radius 3 is 2.90 bits per heavy atom. The van der Waals surface area contributed by atoms with Crippen molar-refractivity contribution in [3.8, 4) is 5.75 Å². The summed E-state index contributed by atoms with van der Waals surface area (Å²) in [6.07, 6.45) is 0.431. The summed E-state index contributed by atoms with van der Waals surface area (Å²) in [5.74, 6) is -0.211. The van der Waals surface area contributed by atoms with E-state index in [0.29, 0.717) is 43.2 Å². The summed E-state index contributed by atoms with van der Waals surface area (Å²) in [4.78, 5) is 24.8. The third-order valence-electron chi connectivity index (χ3n) is 3.33. The average molecular weight is 297 g/mol. The standard InChI is InChI=1S/C14H17ClN2O3/c1-9(18)12-7-11(15)6-10(14(12)20)8-17-4-2-13(19)16-3-5-17/h6-7,20H,2-5,8H2,1H3,(H,16,19). The van der Waals surface area contributed by atoms with Crippen LogP contribution in [0.4, 0.5) is 0 Å². The molecule has 1 aliphatic rings. The van der Waals surface area contributed by atoms with Gasteiger partial charge in [-0.15, -0.1) is 0 Å². The van der Waals surface area contributed by atoms with Crippen molar-refractivity contribution in [3.05, 3.63) is 28.3 Å². The Hall–Kier alpha value is -1.59. The van der Waals surface area contributed by atoms with Gasteiger partial charge in [0.05, 0.1) is 5.56 Å².